The molecule has 0 rings (SSSR count). The van der Waals surface area contributed by atoms with E-state index in [0.717, 1.165) is 51.4 Å². The highest BCUT2D eigenvalue weighted by Crippen LogP contribution is 2.18. The van der Waals surface area contributed by atoms with E-state index in [9.17, 15) is 19.8 Å². The molecule has 0 aliphatic heterocycles. The molecule has 6 heteroatoms. The van der Waals surface area contributed by atoms with Gasteiger partial charge in [-0.2, -0.15) is 0 Å². The molecule has 0 aromatic heterocycles. The van der Waals surface area contributed by atoms with Crippen LogP contribution in [0, 0.1) is 0 Å². The van der Waals surface area contributed by atoms with E-state index in [4.69, 9.17) is 4.74 Å². The van der Waals surface area contributed by atoms with E-state index in [1.54, 1.807) is 6.08 Å². The number of amides is 1. The number of aliphatic hydroxyl groups is 2. The Hall–Kier alpha value is -1.92. The second kappa shape index (κ2) is 63.6. The van der Waals surface area contributed by atoms with Gasteiger partial charge in [0, 0.05) is 12.8 Å². The van der Waals surface area contributed by atoms with Gasteiger partial charge < -0.3 is 20.3 Å². The van der Waals surface area contributed by atoms with Gasteiger partial charge in [0.2, 0.25) is 5.91 Å². The molecule has 0 radical (unpaired) electrons. The molecule has 6 nitrogen and oxygen atoms in total. The van der Waals surface area contributed by atoms with Crippen molar-refractivity contribution < 1.29 is 24.5 Å². The van der Waals surface area contributed by atoms with Gasteiger partial charge in [0.05, 0.1) is 25.4 Å². The average Bonchev–Trinajstić information content (AvgIpc) is 3.40. The molecule has 0 heterocycles. The summed E-state index contributed by atoms with van der Waals surface area (Å²) in [4.78, 5) is 24.5. The van der Waals surface area contributed by atoms with Crippen molar-refractivity contribution in [3.63, 3.8) is 0 Å². The maximum Gasteiger partial charge on any atom is 0.305 e. The largest absolute Gasteiger partial charge is 0.466 e. The molecule has 0 aliphatic rings. The molecule has 0 fully saturated rings. The van der Waals surface area contributed by atoms with Crippen LogP contribution in [-0.2, 0) is 14.3 Å². The molecule has 3 N–H and O–H groups in total. The summed E-state index contributed by atoms with van der Waals surface area (Å²) in [6.07, 6.45) is 80.6. The lowest BCUT2D eigenvalue weighted by Gasteiger charge is -2.20. The number of hydrogen-bond donors (Lipinski definition) is 3. The predicted octanol–water partition coefficient (Wildman–Crippen LogP) is 21.1. The van der Waals surface area contributed by atoms with Gasteiger partial charge in [-0.3, -0.25) is 9.59 Å². The summed E-state index contributed by atoms with van der Waals surface area (Å²) < 4.78 is 5.47. The van der Waals surface area contributed by atoms with Crippen LogP contribution in [0.5, 0.6) is 0 Å². The Morgan fingerprint density at radius 2 is 0.703 bits per heavy atom. The van der Waals surface area contributed by atoms with Crippen molar-refractivity contribution in [2.24, 2.45) is 0 Å². The van der Waals surface area contributed by atoms with Crippen LogP contribution in [0.15, 0.2) is 36.5 Å². The summed E-state index contributed by atoms with van der Waals surface area (Å²) in [6, 6.07) is -0.626. The summed E-state index contributed by atoms with van der Waals surface area (Å²) in [7, 11) is 0. The van der Waals surface area contributed by atoms with Crippen molar-refractivity contribution in [1.29, 1.82) is 0 Å². The molecule has 0 bridgehead atoms. The highest BCUT2D eigenvalue weighted by molar-refractivity contribution is 5.76. The smallest absolute Gasteiger partial charge is 0.305 e. The van der Waals surface area contributed by atoms with Gasteiger partial charge in [-0.05, 0) is 57.8 Å². The summed E-state index contributed by atoms with van der Waals surface area (Å²) in [5.74, 6) is -0.0605. The van der Waals surface area contributed by atoms with Crippen molar-refractivity contribution in [2.75, 3.05) is 13.2 Å². The average molecular weight is 1040 g/mol. The van der Waals surface area contributed by atoms with E-state index in [1.165, 1.54) is 283 Å². The second-order valence-corrected chi connectivity index (χ2v) is 22.8. The SMILES string of the molecule is CCC/C=C\C/C=C\CCCCCCCC(=O)OCCCCCCCCCCCCCCCCCCCCCCCCCCCCCC(=O)NC(CO)C(O)/C=C/CCCCCCCCCCCCCCCCC. The summed E-state index contributed by atoms with van der Waals surface area (Å²) in [5.41, 5.74) is 0. The Bertz CT molecular complexity index is 1200. The Morgan fingerprint density at radius 3 is 1.08 bits per heavy atom. The quantitative estimate of drug-likeness (QED) is 0.0320. The lowest BCUT2D eigenvalue weighted by Crippen LogP contribution is -2.45. The molecule has 1 amide bonds. The number of carbonyl (C=O) groups excluding carboxylic acids is 2. The minimum absolute atomic E-state index is 0.00243. The molecular formula is C68H129NO5. The van der Waals surface area contributed by atoms with Crippen molar-refractivity contribution in [1.82, 2.24) is 5.32 Å². The first-order chi connectivity index (χ1) is 36.5. The van der Waals surface area contributed by atoms with E-state index in [0.29, 0.717) is 19.4 Å². The first-order valence-electron chi connectivity index (χ1n) is 33.3. The van der Waals surface area contributed by atoms with Gasteiger partial charge in [-0.15, -0.1) is 0 Å². The lowest BCUT2D eigenvalue weighted by molar-refractivity contribution is -0.143. The first kappa shape index (κ1) is 72.1. The zero-order valence-electron chi connectivity index (χ0n) is 49.8. The van der Waals surface area contributed by atoms with E-state index in [-0.39, 0.29) is 18.5 Å². The molecule has 2 unspecified atom stereocenters. The molecule has 436 valence electrons. The van der Waals surface area contributed by atoms with Crippen molar-refractivity contribution in [3.8, 4) is 0 Å². The minimum Gasteiger partial charge on any atom is -0.466 e. The summed E-state index contributed by atoms with van der Waals surface area (Å²) in [5, 5.41) is 23.2. The number of ether oxygens (including phenoxy) is 1. The monoisotopic (exact) mass is 1040 g/mol. The highest BCUT2D eigenvalue weighted by Gasteiger charge is 2.18. The van der Waals surface area contributed by atoms with Gasteiger partial charge in [-0.25, -0.2) is 0 Å². The normalized spacial score (nSPS) is 12.8. The van der Waals surface area contributed by atoms with Crippen LogP contribution in [0.4, 0.5) is 0 Å². The minimum atomic E-state index is -0.843. The van der Waals surface area contributed by atoms with Gasteiger partial charge in [0.1, 0.15) is 0 Å². The van der Waals surface area contributed by atoms with Crippen molar-refractivity contribution >= 4 is 11.9 Å². The highest BCUT2D eigenvalue weighted by atomic mass is 16.5. The van der Waals surface area contributed by atoms with E-state index in [2.05, 4.69) is 43.5 Å². The van der Waals surface area contributed by atoms with Gasteiger partial charge in [-0.1, -0.05) is 326 Å². The zero-order valence-corrected chi connectivity index (χ0v) is 49.8. The molecule has 0 aliphatic carbocycles. The number of allylic oxidation sites excluding steroid dienone is 5. The van der Waals surface area contributed by atoms with Crippen LogP contribution in [-0.4, -0.2) is 47.4 Å². The van der Waals surface area contributed by atoms with Crippen LogP contribution >= 0.6 is 0 Å². The molecule has 74 heavy (non-hydrogen) atoms. The fraction of sp³-hybridized carbons (Fsp3) is 0.882. The van der Waals surface area contributed by atoms with Crippen LogP contribution < -0.4 is 5.32 Å². The third-order valence-electron chi connectivity index (χ3n) is 15.4. The fourth-order valence-corrected chi connectivity index (χ4v) is 10.3. The van der Waals surface area contributed by atoms with Crippen LogP contribution in [0.1, 0.15) is 361 Å². The molecule has 2 atom stereocenters. The molecule has 0 saturated carbocycles. The Labute approximate surface area is 462 Å². The van der Waals surface area contributed by atoms with E-state index >= 15 is 0 Å². The maximum absolute atomic E-state index is 12.5. The fourth-order valence-electron chi connectivity index (χ4n) is 10.3. The Morgan fingerprint density at radius 1 is 0.378 bits per heavy atom. The maximum atomic E-state index is 12.5. The molecule has 0 aromatic rings. The third kappa shape index (κ3) is 59.3. The standard InChI is InChI=1S/C68H129NO5/c1-3-5-7-9-11-13-15-17-18-30-33-37-40-44-48-52-56-60-66(71)65(64-70)69-67(72)61-57-53-49-45-41-38-34-31-28-26-24-22-20-19-21-23-25-27-29-32-35-39-43-47-51-55-59-63-74-68(73)62-58-54-50-46-42-36-16-14-12-10-8-6-4-2/h8,10,14,16,56,60,65-66,70-71H,3-7,9,11-13,15,17-55,57-59,61-64H2,1-2H3,(H,69,72)/b10-8-,16-14-,60-56+. The van der Waals surface area contributed by atoms with E-state index < -0.39 is 12.1 Å². The molecular weight excluding hydrogens is 911 g/mol. The van der Waals surface area contributed by atoms with E-state index in [1.807, 2.05) is 6.08 Å². The number of unbranched alkanes of at least 4 members (excludes halogenated alkanes) is 47. The molecule has 0 saturated heterocycles. The number of esters is 1. The van der Waals surface area contributed by atoms with Crippen LogP contribution in [0.3, 0.4) is 0 Å². The zero-order chi connectivity index (χ0) is 53.6. The molecule has 0 aromatic carbocycles. The predicted molar refractivity (Wildman–Crippen MR) is 324 cm³/mol. The summed E-state index contributed by atoms with van der Waals surface area (Å²) >= 11 is 0. The first-order valence-corrected chi connectivity index (χ1v) is 33.3. The third-order valence-corrected chi connectivity index (χ3v) is 15.4. The Balaban J connectivity index is 3.38. The number of aliphatic hydroxyl groups excluding tert-OH is 2. The topological polar surface area (TPSA) is 95.9 Å². The second-order valence-electron chi connectivity index (χ2n) is 22.8. The number of rotatable bonds is 62. The van der Waals surface area contributed by atoms with Crippen LogP contribution in [0.2, 0.25) is 0 Å². The molecule has 0 spiro atoms. The summed E-state index contributed by atoms with van der Waals surface area (Å²) in [6.45, 7) is 4.86. The number of carbonyl (C=O) groups is 2. The number of hydrogen-bond acceptors (Lipinski definition) is 5. The van der Waals surface area contributed by atoms with Crippen molar-refractivity contribution in [2.45, 2.75) is 373 Å². The van der Waals surface area contributed by atoms with Gasteiger partial charge in [0.25, 0.3) is 0 Å². The Kier molecular flexibility index (Phi) is 62.0. The lowest BCUT2D eigenvalue weighted by atomic mass is 10.0. The van der Waals surface area contributed by atoms with Gasteiger partial charge >= 0.3 is 5.97 Å². The van der Waals surface area contributed by atoms with Crippen molar-refractivity contribution in [3.05, 3.63) is 36.5 Å². The number of nitrogens with one attached hydrogen (secondary N) is 1. The van der Waals surface area contributed by atoms with Gasteiger partial charge in [0.15, 0.2) is 0 Å². The van der Waals surface area contributed by atoms with Crippen LogP contribution in [0.25, 0.3) is 0 Å².